The molecule has 0 aromatic heterocycles. The van der Waals surface area contributed by atoms with E-state index in [-0.39, 0.29) is 0 Å². The zero-order chi connectivity index (χ0) is 23.0. The molecule has 0 spiro atoms. The summed E-state index contributed by atoms with van der Waals surface area (Å²) in [5.41, 5.74) is 9.55. The molecule has 0 aliphatic heterocycles. The molecule has 1 unspecified atom stereocenters. The van der Waals surface area contributed by atoms with Crippen molar-refractivity contribution in [2.75, 3.05) is 0 Å². The van der Waals surface area contributed by atoms with Crippen LogP contribution in [0.15, 0.2) is 109 Å². The molecular formula is C28H24N2O3. The minimum Gasteiger partial charge on any atom is -0.481 e. The summed E-state index contributed by atoms with van der Waals surface area (Å²) in [6, 6.07) is 34.6. The Labute approximate surface area is 193 Å². The Balaban J connectivity index is 1.29. The summed E-state index contributed by atoms with van der Waals surface area (Å²) in [4.78, 5) is 24.7. The predicted molar refractivity (Wildman–Crippen MR) is 129 cm³/mol. The quantitative estimate of drug-likeness (QED) is 0.406. The van der Waals surface area contributed by atoms with Gasteiger partial charge in [0.1, 0.15) is 5.75 Å². The normalized spacial score (nSPS) is 11.3. The Morgan fingerprint density at radius 3 is 1.58 bits per heavy atom. The number of hydrazine groups is 1. The van der Waals surface area contributed by atoms with E-state index >= 15 is 0 Å². The Hall–Kier alpha value is -4.38. The van der Waals surface area contributed by atoms with Crippen molar-refractivity contribution < 1.29 is 14.3 Å². The van der Waals surface area contributed by atoms with Gasteiger partial charge in [-0.2, -0.15) is 0 Å². The molecule has 164 valence electrons. The molecule has 1 atom stereocenters. The summed E-state index contributed by atoms with van der Waals surface area (Å²) >= 11 is 0. The van der Waals surface area contributed by atoms with Gasteiger partial charge >= 0.3 is 0 Å². The van der Waals surface area contributed by atoms with Gasteiger partial charge in [0.15, 0.2) is 6.10 Å². The van der Waals surface area contributed by atoms with Crippen molar-refractivity contribution in [2.45, 2.75) is 13.0 Å². The Bertz CT molecular complexity index is 1210. The first kappa shape index (κ1) is 21.8. The first-order valence-electron chi connectivity index (χ1n) is 10.7. The van der Waals surface area contributed by atoms with Crippen LogP contribution in [-0.4, -0.2) is 17.9 Å². The van der Waals surface area contributed by atoms with Crippen LogP contribution in [0, 0.1) is 0 Å². The maximum Gasteiger partial charge on any atom is 0.279 e. The zero-order valence-electron chi connectivity index (χ0n) is 18.2. The molecule has 0 saturated heterocycles. The van der Waals surface area contributed by atoms with Crippen molar-refractivity contribution in [3.05, 3.63) is 115 Å². The molecule has 0 aliphatic carbocycles. The largest absolute Gasteiger partial charge is 0.481 e. The van der Waals surface area contributed by atoms with E-state index in [1.165, 1.54) is 0 Å². The fourth-order valence-electron chi connectivity index (χ4n) is 3.35. The Morgan fingerprint density at radius 1 is 0.606 bits per heavy atom. The van der Waals surface area contributed by atoms with Gasteiger partial charge in [0.05, 0.1) is 0 Å². The molecule has 0 bridgehead atoms. The van der Waals surface area contributed by atoms with E-state index in [1.54, 1.807) is 19.1 Å². The van der Waals surface area contributed by atoms with Gasteiger partial charge in [0.2, 0.25) is 0 Å². The molecule has 0 radical (unpaired) electrons. The van der Waals surface area contributed by atoms with Gasteiger partial charge in [0.25, 0.3) is 11.8 Å². The standard InChI is InChI=1S/C28H24N2O3/c1-20(33-26-18-16-24(17-19-26)22-10-6-3-7-11-22)27(31)29-30-28(32)25-14-12-23(13-15-25)21-8-4-2-5-9-21/h2-20H,1H3,(H,29,31)(H,30,32). The lowest BCUT2D eigenvalue weighted by molar-refractivity contribution is -0.128. The summed E-state index contributed by atoms with van der Waals surface area (Å²) in [5, 5.41) is 0. The van der Waals surface area contributed by atoms with E-state index < -0.39 is 17.9 Å². The van der Waals surface area contributed by atoms with E-state index in [0.29, 0.717) is 11.3 Å². The van der Waals surface area contributed by atoms with Gasteiger partial charge in [-0.3, -0.25) is 20.4 Å². The smallest absolute Gasteiger partial charge is 0.279 e. The van der Waals surface area contributed by atoms with Crippen LogP contribution in [0.3, 0.4) is 0 Å². The number of benzene rings is 4. The van der Waals surface area contributed by atoms with Crippen molar-refractivity contribution in [1.29, 1.82) is 0 Å². The summed E-state index contributed by atoms with van der Waals surface area (Å²) < 4.78 is 5.71. The number of nitrogens with one attached hydrogen (secondary N) is 2. The molecule has 2 N–H and O–H groups in total. The minimum atomic E-state index is -0.784. The topological polar surface area (TPSA) is 67.4 Å². The van der Waals surface area contributed by atoms with Crippen LogP contribution in [0.25, 0.3) is 22.3 Å². The first-order valence-corrected chi connectivity index (χ1v) is 10.7. The third-order valence-corrected chi connectivity index (χ3v) is 5.20. The van der Waals surface area contributed by atoms with Crippen LogP contribution in [0.1, 0.15) is 17.3 Å². The molecule has 2 amide bonds. The minimum absolute atomic E-state index is 0.401. The molecule has 5 nitrogen and oxygen atoms in total. The summed E-state index contributed by atoms with van der Waals surface area (Å²) in [6.45, 7) is 1.63. The van der Waals surface area contributed by atoms with E-state index in [2.05, 4.69) is 10.9 Å². The maximum absolute atomic E-state index is 12.4. The average Bonchev–Trinajstić information content (AvgIpc) is 2.88. The third-order valence-electron chi connectivity index (χ3n) is 5.20. The van der Waals surface area contributed by atoms with E-state index in [1.807, 2.05) is 97.1 Å². The third kappa shape index (κ3) is 5.66. The summed E-state index contributed by atoms with van der Waals surface area (Å²) in [7, 11) is 0. The molecule has 0 aliphatic rings. The predicted octanol–water partition coefficient (Wildman–Crippen LogP) is 5.25. The highest BCUT2D eigenvalue weighted by Crippen LogP contribution is 2.23. The van der Waals surface area contributed by atoms with Crippen molar-refractivity contribution in [3.63, 3.8) is 0 Å². The molecule has 0 heterocycles. The molecule has 0 saturated carbocycles. The highest BCUT2D eigenvalue weighted by atomic mass is 16.5. The second kappa shape index (κ2) is 10.3. The highest BCUT2D eigenvalue weighted by molar-refractivity contribution is 5.96. The number of ether oxygens (including phenoxy) is 1. The van der Waals surface area contributed by atoms with Gasteiger partial charge in [0, 0.05) is 5.56 Å². The highest BCUT2D eigenvalue weighted by Gasteiger charge is 2.16. The monoisotopic (exact) mass is 436 g/mol. The van der Waals surface area contributed by atoms with E-state index in [4.69, 9.17) is 4.74 Å². The Kier molecular flexibility index (Phi) is 6.81. The van der Waals surface area contributed by atoms with Gasteiger partial charge in [-0.1, -0.05) is 84.9 Å². The number of carbonyl (C=O) groups is 2. The lowest BCUT2D eigenvalue weighted by atomic mass is 10.0. The second-order valence-electron chi connectivity index (χ2n) is 7.54. The van der Waals surface area contributed by atoms with Crippen LogP contribution in [0.4, 0.5) is 0 Å². The number of hydrogen-bond acceptors (Lipinski definition) is 3. The summed E-state index contributed by atoms with van der Waals surface area (Å²) in [6.07, 6.45) is -0.784. The number of amides is 2. The van der Waals surface area contributed by atoms with E-state index in [9.17, 15) is 9.59 Å². The molecule has 5 heteroatoms. The van der Waals surface area contributed by atoms with Crippen molar-refractivity contribution in [2.24, 2.45) is 0 Å². The van der Waals surface area contributed by atoms with Crippen LogP contribution >= 0.6 is 0 Å². The van der Waals surface area contributed by atoms with Crippen molar-refractivity contribution in [1.82, 2.24) is 10.9 Å². The average molecular weight is 437 g/mol. The Morgan fingerprint density at radius 2 is 1.06 bits per heavy atom. The molecule has 4 aromatic rings. The van der Waals surface area contributed by atoms with Crippen LogP contribution in [0.5, 0.6) is 5.75 Å². The van der Waals surface area contributed by atoms with E-state index in [0.717, 1.165) is 22.3 Å². The number of rotatable bonds is 6. The second-order valence-corrected chi connectivity index (χ2v) is 7.54. The van der Waals surface area contributed by atoms with Crippen LogP contribution in [0.2, 0.25) is 0 Å². The van der Waals surface area contributed by atoms with Crippen molar-refractivity contribution >= 4 is 11.8 Å². The fraction of sp³-hybridized carbons (Fsp3) is 0.0714. The molecular weight excluding hydrogens is 412 g/mol. The van der Waals surface area contributed by atoms with Crippen LogP contribution in [-0.2, 0) is 4.79 Å². The number of carbonyl (C=O) groups excluding carboxylic acids is 2. The lowest BCUT2D eigenvalue weighted by Crippen LogP contribution is -2.47. The zero-order valence-corrected chi connectivity index (χ0v) is 18.2. The molecule has 0 fully saturated rings. The fourth-order valence-corrected chi connectivity index (χ4v) is 3.35. The molecule has 4 aromatic carbocycles. The van der Waals surface area contributed by atoms with Gasteiger partial charge in [-0.15, -0.1) is 0 Å². The molecule has 4 rings (SSSR count). The van der Waals surface area contributed by atoms with Gasteiger partial charge < -0.3 is 4.74 Å². The van der Waals surface area contributed by atoms with Gasteiger partial charge in [-0.25, -0.2) is 0 Å². The van der Waals surface area contributed by atoms with Crippen molar-refractivity contribution in [3.8, 4) is 28.0 Å². The SMILES string of the molecule is CC(Oc1ccc(-c2ccccc2)cc1)C(=O)NNC(=O)c1ccc(-c2ccccc2)cc1. The number of hydrogen-bond donors (Lipinski definition) is 2. The maximum atomic E-state index is 12.4. The first-order chi connectivity index (χ1) is 16.1. The molecule has 33 heavy (non-hydrogen) atoms. The van der Waals surface area contributed by atoms with Crippen LogP contribution < -0.4 is 15.6 Å². The summed E-state index contributed by atoms with van der Waals surface area (Å²) in [5.74, 6) is -0.279. The van der Waals surface area contributed by atoms with Gasteiger partial charge in [-0.05, 0) is 53.4 Å². The lowest BCUT2D eigenvalue weighted by Gasteiger charge is -2.15.